The van der Waals surface area contributed by atoms with Crippen molar-refractivity contribution in [1.82, 2.24) is 5.32 Å². The molecule has 28 heavy (non-hydrogen) atoms. The summed E-state index contributed by atoms with van der Waals surface area (Å²) in [7, 11) is -2.25. The second kappa shape index (κ2) is 9.30. The number of aryl methyl sites for hydroxylation is 1. The summed E-state index contributed by atoms with van der Waals surface area (Å²) in [5.41, 5.74) is 2.37. The summed E-state index contributed by atoms with van der Waals surface area (Å²) in [6.45, 7) is 4.06. The predicted octanol–water partition coefficient (Wildman–Crippen LogP) is 3.52. The number of halogens is 1. The van der Waals surface area contributed by atoms with Crippen molar-refractivity contribution in [2.45, 2.75) is 32.9 Å². The molecule has 8 heteroatoms. The lowest BCUT2D eigenvalue weighted by molar-refractivity contribution is -0.122. The average Bonchev–Trinajstić information content (AvgIpc) is 2.64. The van der Waals surface area contributed by atoms with E-state index in [-0.39, 0.29) is 10.9 Å². The van der Waals surface area contributed by atoms with Gasteiger partial charge in [0.2, 0.25) is 15.9 Å². The first kappa shape index (κ1) is 22.0. The van der Waals surface area contributed by atoms with Crippen molar-refractivity contribution in [3.8, 4) is 5.75 Å². The van der Waals surface area contributed by atoms with Gasteiger partial charge in [-0.3, -0.25) is 9.10 Å². The van der Waals surface area contributed by atoms with Crippen molar-refractivity contribution in [2.75, 3.05) is 17.7 Å². The van der Waals surface area contributed by atoms with Gasteiger partial charge in [0, 0.05) is 6.54 Å². The van der Waals surface area contributed by atoms with Gasteiger partial charge in [-0.25, -0.2) is 8.42 Å². The maximum Gasteiger partial charge on any atom is 0.244 e. The molecule has 0 radical (unpaired) electrons. The van der Waals surface area contributed by atoms with E-state index in [4.69, 9.17) is 16.3 Å². The number of carbonyl (C=O) groups is 1. The molecular formula is C20H25ClN2O4S. The van der Waals surface area contributed by atoms with Crippen LogP contribution >= 0.6 is 11.6 Å². The van der Waals surface area contributed by atoms with Gasteiger partial charge in [0.25, 0.3) is 0 Å². The quantitative estimate of drug-likeness (QED) is 0.703. The molecule has 1 amide bonds. The summed E-state index contributed by atoms with van der Waals surface area (Å²) < 4.78 is 31.2. The third kappa shape index (κ3) is 5.39. The maximum atomic E-state index is 12.8. The van der Waals surface area contributed by atoms with E-state index in [1.807, 2.05) is 31.2 Å². The van der Waals surface area contributed by atoms with Gasteiger partial charge in [-0.15, -0.1) is 0 Å². The molecule has 0 saturated heterocycles. The van der Waals surface area contributed by atoms with E-state index in [1.54, 1.807) is 19.1 Å². The zero-order valence-corrected chi connectivity index (χ0v) is 18.0. The number of amides is 1. The summed E-state index contributed by atoms with van der Waals surface area (Å²) in [5, 5.41) is 3.09. The van der Waals surface area contributed by atoms with Crippen molar-refractivity contribution in [1.29, 1.82) is 0 Å². The second-order valence-electron chi connectivity index (χ2n) is 6.51. The zero-order chi connectivity index (χ0) is 20.9. The van der Waals surface area contributed by atoms with E-state index in [0.717, 1.165) is 21.7 Å². The van der Waals surface area contributed by atoms with E-state index in [1.165, 1.54) is 13.2 Å². The van der Waals surface area contributed by atoms with Crippen molar-refractivity contribution in [3.05, 3.63) is 58.6 Å². The van der Waals surface area contributed by atoms with Crippen molar-refractivity contribution in [3.63, 3.8) is 0 Å². The number of methoxy groups -OCH3 is 1. The molecule has 0 bridgehead atoms. The van der Waals surface area contributed by atoms with Gasteiger partial charge in [-0.2, -0.15) is 0 Å². The number of nitrogens with one attached hydrogen (secondary N) is 1. The molecule has 0 aromatic heterocycles. The third-order valence-electron chi connectivity index (χ3n) is 4.31. The fraction of sp³-hybridized carbons (Fsp3) is 0.350. The molecule has 6 nitrogen and oxygen atoms in total. The summed E-state index contributed by atoms with van der Waals surface area (Å²) in [6.07, 6.45) is 1.37. The molecule has 1 unspecified atom stereocenters. The van der Waals surface area contributed by atoms with Crippen LogP contribution in [-0.4, -0.2) is 33.7 Å². The van der Waals surface area contributed by atoms with Gasteiger partial charge in [-0.05, 0) is 37.1 Å². The first-order valence-corrected chi connectivity index (χ1v) is 11.1. The molecular weight excluding hydrogens is 400 g/mol. The zero-order valence-electron chi connectivity index (χ0n) is 16.4. The summed E-state index contributed by atoms with van der Waals surface area (Å²) in [6, 6.07) is 11.5. The highest BCUT2D eigenvalue weighted by molar-refractivity contribution is 7.92. The van der Waals surface area contributed by atoms with Gasteiger partial charge in [0.1, 0.15) is 11.8 Å². The number of rotatable bonds is 8. The molecule has 1 N–H and O–H groups in total. The maximum absolute atomic E-state index is 12.8. The monoisotopic (exact) mass is 424 g/mol. The van der Waals surface area contributed by atoms with Crippen LogP contribution in [0.2, 0.25) is 5.02 Å². The first-order chi connectivity index (χ1) is 13.2. The minimum absolute atomic E-state index is 0.267. The van der Waals surface area contributed by atoms with E-state index in [9.17, 15) is 13.2 Å². The van der Waals surface area contributed by atoms with Crippen LogP contribution in [0.1, 0.15) is 24.5 Å². The number of anilines is 1. The topological polar surface area (TPSA) is 75.7 Å². The predicted molar refractivity (Wildman–Crippen MR) is 112 cm³/mol. The highest BCUT2D eigenvalue weighted by Crippen LogP contribution is 2.31. The molecule has 0 saturated carbocycles. The smallest absolute Gasteiger partial charge is 0.244 e. The van der Waals surface area contributed by atoms with Crippen LogP contribution < -0.4 is 14.4 Å². The Morgan fingerprint density at radius 3 is 2.36 bits per heavy atom. The minimum Gasteiger partial charge on any atom is -0.495 e. The fourth-order valence-corrected chi connectivity index (χ4v) is 4.32. The van der Waals surface area contributed by atoms with Crippen LogP contribution in [-0.2, 0) is 21.4 Å². The number of nitrogens with zero attached hydrogens (tertiary/aromatic N) is 1. The molecule has 1 atom stereocenters. The van der Waals surface area contributed by atoms with Crippen molar-refractivity contribution >= 4 is 33.2 Å². The van der Waals surface area contributed by atoms with E-state index < -0.39 is 16.1 Å². The minimum atomic E-state index is -3.73. The van der Waals surface area contributed by atoms with Gasteiger partial charge in [-0.1, -0.05) is 48.4 Å². The molecule has 0 aliphatic carbocycles. The lowest BCUT2D eigenvalue weighted by Gasteiger charge is -2.30. The van der Waals surface area contributed by atoms with Crippen LogP contribution in [0.5, 0.6) is 5.75 Å². The molecule has 0 aliphatic rings. The molecule has 0 heterocycles. The number of ether oxygens (including phenoxy) is 1. The Hall–Kier alpha value is -2.25. The normalized spacial score (nSPS) is 12.3. The summed E-state index contributed by atoms with van der Waals surface area (Å²) in [4.78, 5) is 12.8. The Balaban J connectivity index is 2.28. The van der Waals surface area contributed by atoms with E-state index >= 15 is 0 Å². The van der Waals surface area contributed by atoms with E-state index in [0.29, 0.717) is 24.4 Å². The van der Waals surface area contributed by atoms with Crippen LogP contribution in [0.25, 0.3) is 0 Å². The SMILES string of the molecule is CCC(C(=O)NCc1ccc(C)cc1)N(c1ccc(OC)c(Cl)c1)S(C)(=O)=O. The van der Waals surface area contributed by atoms with Crippen molar-refractivity contribution < 1.29 is 17.9 Å². The highest BCUT2D eigenvalue weighted by Gasteiger charge is 2.31. The molecule has 0 fully saturated rings. The van der Waals surface area contributed by atoms with Crippen molar-refractivity contribution in [2.24, 2.45) is 0 Å². The second-order valence-corrected chi connectivity index (χ2v) is 8.77. The number of carbonyl (C=O) groups excluding carboxylic acids is 1. The molecule has 152 valence electrons. The van der Waals surface area contributed by atoms with Crippen LogP contribution in [0.3, 0.4) is 0 Å². The lowest BCUT2D eigenvalue weighted by atomic mass is 10.1. The molecule has 0 aliphatic heterocycles. The number of hydrogen-bond donors (Lipinski definition) is 1. The lowest BCUT2D eigenvalue weighted by Crippen LogP contribution is -2.49. The Labute approximate surface area is 171 Å². The number of sulfonamides is 1. The van der Waals surface area contributed by atoms with Crippen LogP contribution in [0.4, 0.5) is 5.69 Å². The Kier molecular flexibility index (Phi) is 7.32. The highest BCUT2D eigenvalue weighted by atomic mass is 35.5. The average molecular weight is 425 g/mol. The summed E-state index contributed by atoms with van der Waals surface area (Å²) >= 11 is 6.16. The van der Waals surface area contributed by atoms with Gasteiger partial charge in [0.05, 0.1) is 24.1 Å². The number of benzene rings is 2. The Morgan fingerprint density at radius 1 is 1.21 bits per heavy atom. The molecule has 2 aromatic rings. The van der Waals surface area contributed by atoms with E-state index in [2.05, 4.69) is 5.32 Å². The molecule has 2 aromatic carbocycles. The largest absolute Gasteiger partial charge is 0.495 e. The Bertz CT molecular complexity index is 930. The first-order valence-electron chi connectivity index (χ1n) is 8.83. The Morgan fingerprint density at radius 2 is 1.86 bits per heavy atom. The third-order valence-corrected chi connectivity index (χ3v) is 5.78. The fourth-order valence-electron chi connectivity index (χ4n) is 2.87. The van der Waals surface area contributed by atoms with Gasteiger partial charge < -0.3 is 10.1 Å². The van der Waals surface area contributed by atoms with Gasteiger partial charge in [0.15, 0.2) is 0 Å². The number of hydrogen-bond acceptors (Lipinski definition) is 4. The van der Waals surface area contributed by atoms with Gasteiger partial charge >= 0.3 is 0 Å². The standard InChI is InChI=1S/C20H25ClN2O4S/c1-5-18(20(24)22-13-15-8-6-14(2)7-9-15)23(28(4,25)26)16-10-11-19(27-3)17(21)12-16/h6-12,18H,5,13H2,1-4H3,(H,22,24). The van der Waals surface area contributed by atoms with Crippen LogP contribution in [0.15, 0.2) is 42.5 Å². The van der Waals surface area contributed by atoms with Crippen LogP contribution in [0, 0.1) is 6.92 Å². The molecule has 2 rings (SSSR count). The summed E-state index contributed by atoms with van der Waals surface area (Å²) in [5.74, 6) is 0.0520. The molecule has 0 spiro atoms.